The number of benzene rings is 2. The number of thiazole rings is 1. The van der Waals surface area contributed by atoms with E-state index in [4.69, 9.17) is 0 Å². The SMILES string of the molecule is O=c1sc(C=C2C=Nc3ccccc32)c(O)n1Cc1cccc(Br)c1. The van der Waals surface area contributed by atoms with Crippen molar-refractivity contribution in [3.8, 4) is 5.88 Å². The fourth-order valence-corrected chi connectivity index (χ4v) is 4.04. The van der Waals surface area contributed by atoms with Crippen molar-refractivity contribution < 1.29 is 5.11 Å². The van der Waals surface area contributed by atoms with E-state index in [-0.39, 0.29) is 10.8 Å². The Bertz CT molecular complexity index is 1080. The number of aromatic hydroxyl groups is 1. The smallest absolute Gasteiger partial charge is 0.310 e. The van der Waals surface area contributed by atoms with E-state index in [0.29, 0.717) is 11.4 Å². The van der Waals surface area contributed by atoms with Gasteiger partial charge in [0.2, 0.25) is 5.88 Å². The number of fused-ring (bicyclic) bond motifs is 1. The number of aliphatic imine (C=N–C) groups is 1. The predicted molar refractivity (Wildman–Crippen MR) is 106 cm³/mol. The highest BCUT2D eigenvalue weighted by atomic mass is 79.9. The van der Waals surface area contributed by atoms with Gasteiger partial charge < -0.3 is 5.11 Å². The maximum atomic E-state index is 12.3. The number of allylic oxidation sites excluding steroid dienone is 1. The van der Waals surface area contributed by atoms with Crippen molar-refractivity contribution in [3.05, 3.63) is 78.7 Å². The maximum Gasteiger partial charge on any atom is 0.310 e. The molecular formula is C19H13BrN2O2S. The van der Waals surface area contributed by atoms with E-state index in [1.807, 2.05) is 54.6 Å². The van der Waals surface area contributed by atoms with Crippen LogP contribution in [0, 0.1) is 0 Å². The molecule has 0 radical (unpaired) electrons. The standard InChI is InChI=1S/C19H13BrN2O2S/c20-14-5-3-4-12(8-14)11-22-18(23)17(25-19(22)24)9-13-10-21-16-7-2-1-6-15(13)16/h1-10,23H,11H2. The second kappa shape index (κ2) is 6.46. The van der Waals surface area contributed by atoms with Gasteiger partial charge in [0.05, 0.1) is 17.1 Å². The van der Waals surface area contributed by atoms with E-state index in [1.165, 1.54) is 4.57 Å². The molecule has 2 heterocycles. The molecule has 1 N–H and O–H groups in total. The Hall–Kier alpha value is -2.44. The van der Waals surface area contributed by atoms with Crippen LogP contribution < -0.4 is 4.87 Å². The first-order valence-electron chi connectivity index (χ1n) is 7.64. The zero-order valence-corrected chi connectivity index (χ0v) is 15.4. The number of hydrogen-bond acceptors (Lipinski definition) is 4. The number of para-hydroxylation sites is 1. The lowest BCUT2D eigenvalue weighted by Crippen LogP contribution is -2.13. The third kappa shape index (κ3) is 3.10. The molecule has 25 heavy (non-hydrogen) atoms. The van der Waals surface area contributed by atoms with E-state index in [9.17, 15) is 9.90 Å². The maximum absolute atomic E-state index is 12.3. The third-order valence-electron chi connectivity index (χ3n) is 3.97. The van der Waals surface area contributed by atoms with Crippen LogP contribution in [-0.2, 0) is 6.54 Å². The van der Waals surface area contributed by atoms with Gasteiger partial charge in [0.1, 0.15) is 0 Å². The molecule has 0 atom stereocenters. The van der Waals surface area contributed by atoms with Crippen LogP contribution in [0.25, 0.3) is 11.6 Å². The lowest BCUT2D eigenvalue weighted by atomic mass is 10.1. The molecule has 4 rings (SSSR count). The first-order valence-corrected chi connectivity index (χ1v) is 9.25. The summed E-state index contributed by atoms with van der Waals surface area (Å²) in [4.78, 5) is 17.0. The minimum absolute atomic E-state index is 0.0137. The van der Waals surface area contributed by atoms with Crippen molar-refractivity contribution in [2.75, 3.05) is 0 Å². The highest BCUT2D eigenvalue weighted by Gasteiger charge is 2.16. The Kier molecular flexibility index (Phi) is 4.15. The molecule has 0 amide bonds. The largest absolute Gasteiger partial charge is 0.493 e. The second-order valence-corrected chi connectivity index (χ2v) is 7.56. The zero-order valence-electron chi connectivity index (χ0n) is 13.0. The molecule has 1 aliphatic rings. The lowest BCUT2D eigenvalue weighted by molar-refractivity contribution is 0.420. The Morgan fingerprint density at radius 3 is 2.88 bits per heavy atom. The van der Waals surface area contributed by atoms with Crippen LogP contribution in [0.2, 0.25) is 0 Å². The number of nitrogens with zero attached hydrogens (tertiary/aromatic N) is 2. The third-order valence-corrected chi connectivity index (χ3v) is 5.38. The molecule has 1 aliphatic heterocycles. The van der Waals surface area contributed by atoms with Gasteiger partial charge in [0.15, 0.2) is 0 Å². The average molecular weight is 413 g/mol. The van der Waals surface area contributed by atoms with Gasteiger partial charge in [-0.3, -0.25) is 14.4 Å². The molecule has 0 bridgehead atoms. The van der Waals surface area contributed by atoms with Crippen LogP contribution in [0.5, 0.6) is 5.88 Å². The van der Waals surface area contributed by atoms with E-state index >= 15 is 0 Å². The summed E-state index contributed by atoms with van der Waals surface area (Å²) in [7, 11) is 0. The number of rotatable bonds is 3. The number of aromatic nitrogens is 1. The van der Waals surface area contributed by atoms with Crippen LogP contribution in [0.1, 0.15) is 16.0 Å². The Morgan fingerprint density at radius 2 is 2.04 bits per heavy atom. The van der Waals surface area contributed by atoms with Crippen LogP contribution in [0.15, 0.2) is 62.8 Å². The van der Waals surface area contributed by atoms with Gasteiger partial charge in [-0.15, -0.1) is 0 Å². The molecule has 0 aliphatic carbocycles. The van der Waals surface area contributed by atoms with Gasteiger partial charge in [-0.05, 0) is 29.8 Å². The van der Waals surface area contributed by atoms with Gasteiger partial charge in [-0.25, -0.2) is 0 Å². The summed E-state index contributed by atoms with van der Waals surface area (Å²) in [6.07, 6.45) is 3.57. The van der Waals surface area contributed by atoms with Gasteiger partial charge >= 0.3 is 4.87 Å². The minimum atomic E-state index is -0.187. The molecule has 0 spiro atoms. The van der Waals surface area contributed by atoms with Crippen molar-refractivity contribution in [2.45, 2.75) is 6.54 Å². The van der Waals surface area contributed by atoms with Gasteiger partial charge in [-0.1, -0.05) is 57.6 Å². The molecule has 0 saturated heterocycles. The Morgan fingerprint density at radius 1 is 1.20 bits per heavy atom. The summed E-state index contributed by atoms with van der Waals surface area (Å²) in [6.45, 7) is 0.328. The van der Waals surface area contributed by atoms with Crippen molar-refractivity contribution in [2.24, 2.45) is 4.99 Å². The summed E-state index contributed by atoms with van der Waals surface area (Å²) in [5.74, 6) is -0.0137. The van der Waals surface area contributed by atoms with E-state index in [2.05, 4.69) is 20.9 Å². The molecule has 124 valence electrons. The fraction of sp³-hybridized carbons (Fsp3) is 0.0526. The summed E-state index contributed by atoms with van der Waals surface area (Å²) in [5, 5.41) is 10.5. The van der Waals surface area contributed by atoms with Crippen molar-refractivity contribution >= 4 is 50.8 Å². The van der Waals surface area contributed by atoms with Crippen molar-refractivity contribution in [3.63, 3.8) is 0 Å². The molecule has 4 nitrogen and oxygen atoms in total. The lowest BCUT2D eigenvalue weighted by Gasteiger charge is -2.04. The summed E-state index contributed by atoms with van der Waals surface area (Å²) < 4.78 is 2.32. The van der Waals surface area contributed by atoms with Gasteiger partial charge in [0, 0.05) is 21.8 Å². The van der Waals surface area contributed by atoms with Crippen molar-refractivity contribution in [1.29, 1.82) is 0 Å². The molecule has 1 aromatic heterocycles. The number of hydrogen-bond donors (Lipinski definition) is 1. The predicted octanol–water partition coefficient (Wildman–Crippen LogP) is 4.68. The molecule has 0 fully saturated rings. The molecule has 0 unspecified atom stereocenters. The minimum Gasteiger partial charge on any atom is -0.493 e. The average Bonchev–Trinajstić information content (AvgIpc) is 3.12. The Labute approximate surface area is 156 Å². The second-order valence-electron chi connectivity index (χ2n) is 5.65. The highest BCUT2D eigenvalue weighted by molar-refractivity contribution is 9.10. The molecule has 2 aromatic carbocycles. The van der Waals surface area contributed by atoms with E-state index in [0.717, 1.165) is 38.2 Å². The first-order chi connectivity index (χ1) is 12.1. The number of halogens is 1. The van der Waals surface area contributed by atoms with Crippen LogP contribution in [-0.4, -0.2) is 15.9 Å². The van der Waals surface area contributed by atoms with Crippen LogP contribution in [0.3, 0.4) is 0 Å². The van der Waals surface area contributed by atoms with Gasteiger partial charge in [-0.2, -0.15) is 0 Å². The van der Waals surface area contributed by atoms with E-state index < -0.39 is 0 Å². The summed E-state index contributed by atoms with van der Waals surface area (Å²) in [6, 6.07) is 15.5. The zero-order chi connectivity index (χ0) is 17.4. The monoisotopic (exact) mass is 412 g/mol. The van der Waals surface area contributed by atoms with Crippen molar-refractivity contribution in [1.82, 2.24) is 4.57 Å². The molecule has 0 saturated carbocycles. The van der Waals surface area contributed by atoms with Crippen LogP contribution >= 0.6 is 27.3 Å². The van der Waals surface area contributed by atoms with Gasteiger partial charge in [0.25, 0.3) is 0 Å². The Balaban J connectivity index is 1.71. The first kappa shape index (κ1) is 16.1. The summed E-state index contributed by atoms with van der Waals surface area (Å²) in [5.41, 5.74) is 3.73. The fourth-order valence-electron chi connectivity index (χ4n) is 2.76. The normalized spacial score (nSPS) is 14.2. The molecule has 6 heteroatoms. The quantitative estimate of drug-likeness (QED) is 0.678. The van der Waals surface area contributed by atoms with Crippen LogP contribution in [0.4, 0.5) is 5.69 Å². The topological polar surface area (TPSA) is 54.6 Å². The molecular weight excluding hydrogens is 400 g/mol. The molecule has 3 aromatic rings. The highest BCUT2D eigenvalue weighted by Crippen LogP contribution is 2.34. The van der Waals surface area contributed by atoms with E-state index in [1.54, 1.807) is 6.21 Å². The summed E-state index contributed by atoms with van der Waals surface area (Å²) >= 11 is 4.45.